The van der Waals surface area contributed by atoms with Crippen LogP contribution in [0.25, 0.3) is 145 Å². The average Bonchev–Trinajstić information content (AvgIpc) is 1.41. The highest BCUT2D eigenvalue weighted by atomic mass is 15.2. The Morgan fingerprint density at radius 1 is 0.198 bits per heavy atom. The van der Waals surface area contributed by atoms with Crippen molar-refractivity contribution in [3.8, 4) is 145 Å². The summed E-state index contributed by atoms with van der Waals surface area (Å²) in [4.78, 5) is 2.99. The molecular weight excluding hydrogens is 1400 g/mol. The van der Waals surface area contributed by atoms with Crippen LogP contribution in [-0.2, 0) is 44.9 Å². The maximum atomic E-state index is 2.99. The largest absolute Gasteiger partial charge is 0.308 e. The van der Waals surface area contributed by atoms with Gasteiger partial charge in [0.15, 0.2) is 0 Å². The van der Waals surface area contributed by atoms with Gasteiger partial charge in [-0.1, -0.05) is 315 Å². The summed E-state index contributed by atoms with van der Waals surface area (Å²) in [6.07, 6.45) is 5.43. The molecule has 0 atom stereocenters. The molecule has 0 saturated heterocycles. The molecule has 550 valence electrons. The van der Waals surface area contributed by atoms with Crippen LogP contribution in [-0.4, -0.2) is 0 Å². The maximum absolute atomic E-state index is 2.99. The van der Waals surface area contributed by atoms with Crippen molar-refractivity contribution in [2.75, 3.05) is 4.90 Å². The van der Waals surface area contributed by atoms with Crippen molar-refractivity contribution in [2.24, 2.45) is 0 Å². The van der Waals surface area contributed by atoms with Crippen molar-refractivity contribution in [3.05, 3.63) is 433 Å². The van der Waals surface area contributed by atoms with Gasteiger partial charge in [-0.25, -0.2) is 0 Å². The molecule has 1 heteroatoms. The first kappa shape index (κ1) is 68.2. The van der Waals surface area contributed by atoms with Crippen molar-refractivity contribution in [2.45, 2.75) is 86.5 Å². The van der Waals surface area contributed by atoms with Crippen LogP contribution in [0.2, 0.25) is 0 Å². The van der Waals surface area contributed by atoms with Crippen molar-refractivity contribution in [1.29, 1.82) is 0 Å². The quantitative estimate of drug-likeness (QED) is 0.118. The summed E-state index contributed by atoms with van der Waals surface area (Å²) in [5.41, 5.74) is 64.3. The van der Waals surface area contributed by atoms with E-state index >= 15 is 0 Å². The minimum absolute atomic E-state index is 0.660. The van der Waals surface area contributed by atoms with Crippen LogP contribution in [0.4, 0.5) is 17.1 Å². The summed E-state index contributed by atoms with van der Waals surface area (Å²) in [6, 6.07) is 125. The molecule has 17 aromatic rings. The zero-order valence-electron chi connectivity index (χ0n) is 66.5. The van der Waals surface area contributed by atoms with E-state index < -0.39 is 0 Å². The van der Waals surface area contributed by atoms with Crippen molar-refractivity contribution in [1.82, 2.24) is 0 Å². The van der Waals surface area contributed by atoms with E-state index in [-0.39, 0.29) is 0 Å². The van der Waals surface area contributed by atoms with Gasteiger partial charge < -0.3 is 4.90 Å². The molecule has 0 radical (unpaired) electrons. The molecule has 0 bridgehead atoms. The first-order valence-electron chi connectivity index (χ1n) is 41.7. The van der Waals surface area contributed by atoms with Crippen LogP contribution in [0.5, 0.6) is 0 Å². The number of benzene rings is 17. The van der Waals surface area contributed by atoms with Gasteiger partial charge in [0.1, 0.15) is 0 Å². The van der Waals surface area contributed by atoms with E-state index in [0.29, 0.717) is 6.42 Å². The fourth-order valence-electron chi connectivity index (χ4n) is 21.9. The summed E-state index contributed by atoms with van der Waals surface area (Å²) in [7, 11) is 0. The Kier molecular flexibility index (Phi) is 15.6. The highest BCUT2D eigenvalue weighted by Crippen LogP contribution is 2.67. The molecule has 1 nitrogen and oxygen atoms in total. The normalized spacial score (nSPS) is 12.9. The van der Waals surface area contributed by atoms with Crippen LogP contribution in [0, 0.1) is 41.5 Å². The molecule has 0 saturated carbocycles. The molecule has 6 aliphatic rings. The van der Waals surface area contributed by atoms with Crippen LogP contribution in [0.3, 0.4) is 0 Å². The molecule has 0 spiro atoms. The molecule has 0 aromatic heterocycles. The van der Waals surface area contributed by atoms with Gasteiger partial charge in [-0.15, -0.1) is 0 Å². The third-order valence-corrected chi connectivity index (χ3v) is 27.4. The van der Waals surface area contributed by atoms with E-state index in [1.807, 2.05) is 0 Å². The Morgan fingerprint density at radius 3 is 1.09 bits per heavy atom. The second-order valence-electron chi connectivity index (χ2n) is 33.6. The maximum Gasteiger partial charge on any atom is 0.0588 e. The fraction of sp³-hybridized carbons (Fsp3) is 0.113. The second-order valence-corrected chi connectivity index (χ2v) is 33.6. The first-order chi connectivity index (χ1) is 57.1. The Hall–Kier alpha value is -13.5. The van der Waals surface area contributed by atoms with Gasteiger partial charge in [0.05, 0.1) is 17.1 Å². The van der Waals surface area contributed by atoms with E-state index in [2.05, 4.69) is 368 Å². The number of nitrogens with zero attached hydrogens (tertiary/aromatic N) is 1. The molecule has 0 N–H and O–H groups in total. The zero-order chi connectivity index (χ0) is 77.3. The van der Waals surface area contributed by atoms with Gasteiger partial charge in [-0.05, 0) is 318 Å². The standard InChI is InChI=1S/C115H85N/c1-67-56-93-86-48-28-23-42-78(86)60-97(93)103(70(67)4)91-55-52-83-65-102-111(107(83)109(91)104-71(5)68(2)57-94-87-49-29-24-43-79(87)61-98(94)104)112(110-99-62-80-44-25-31-51-89(80)96(99)66-92(74-34-14-8-15-35-74)105(110)75-36-16-9-17-37-75)106(76-38-18-10-19-39-76)108(77-40-20-11-21-41-77)115(102)116(113-72(6)69(3)58-95-88-50-30-26-46-82(88)64-101(95)113)114-84(59-73-32-12-7-13-33-73)53-54-90-85-47-27-22-45-81(85)63-100(90)114/h7-58,66H,59-65H2,1-6H3. The number of hydrogen-bond acceptors (Lipinski definition) is 1. The predicted octanol–water partition coefficient (Wildman–Crippen LogP) is 29.7. The molecular formula is C115H85N. The fourth-order valence-corrected chi connectivity index (χ4v) is 21.9. The molecule has 0 fully saturated rings. The van der Waals surface area contributed by atoms with E-state index in [1.165, 1.54) is 273 Å². The summed E-state index contributed by atoms with van der Waals surface area (Å²) < 4.78 is 0. The molecule has 17 aromatic carbocycles. The summed E-state index contributed by atoms with van der Waals surface area (Å²) in [5.74, 6) is 0. The molecule has 23 rings (SSSR count). The lowest BCUT2D eigenvalue weighted by Crippen LogP contribution is -2.21. The minimum Gasteiger partial charge on any atom is -0.308 e. The summed E-state index contributed by atoms with van der Waals surface area (Å²) in [6.45, 7) is 14.5. The van der Waals surface area contributed by atoms with Crippen LogP contribution in [0.15, 0.2) is 322 Å². The average molecular weight is 1480 g/mol. The highest BCUT2D eigenvalue weighted by molar-refractivity contribution is 6.20. The molecule has 0 unspecified atom stereocenters. The molecule has 0 aliphatic heterocycles. The van der Waals surface area contributed by atoms with Gasteiger partial charge in [0.25, 0.3) is 0 Å². The third-order valence-electron chi connectivity index (χ3n) is 27.4. The summed E-state index contributed by atoms with van der Waals surface area (Å²) in [5, 5.41) is 0. The van der Waals surface area contributed by atoms with Crippen molar-refractivity contribution >= 4 is 17.1 Å². The number of fused-ring (bicyclic) bond motifs is 18. The molecule has 0 heterocycles. The Bertz CT molecular complexity index is 7050. The highest BCUT2D eigenvalue weighted by Gasteiger charge is 2.44. The Balaban J connectivity index is 0.995. The minimum atomic E-state index is 0.660. The van der Waals surface area contributed by atoms with Crippen molar-refractivity contribution < 1.29 is 0 Å². The molecule has 6 aliphatic carbocycles. The van der Waals surface area contributed by atoms with Gasteiger partial charge in [-0.2, -0.15) is 0 Å². The topological polar surface area (TPSA) is 3.24 Å². The monoisotopic (exact) mass is 1480 g/mol. The van der Waals surface area contributed by atoms with Gasteiger partial charge in [0, 0.05) is 30.4 Å². The number of hydrogen-bond donors (Lipinski definition) is 0. The molecule has 0 amide bonds. The van der Waals surface area contributed by atoms with Crippen LogP contribution in [0.1, 0.15) is 111 Å². The van der Waals surface area contributed by atoms with E-state index in [4.69, 9.17) is 0 Å². The van der Waals surface area contributed by atoms with E-state index in [9.17, 15) is 0 Å². The number of rotatable bonds is 12. The first-order valence-corrected chi connectivity index (χ1v) is 41.7. The Morgan fingerprint density at radius 2 is 0.569 bits per heavy atom. The number of aryl methyl sites for hydroxylation is 3. The van der Waals surface area contributed by atoms with Gasteiger partial charge in [0.2, 0.25) is 0 Å². The zero-order valence-corrected chi connectivity index (χ0v) is 66.5. The molecule has 116 heavy (non-hydrogen) atoms. The van der Waals surface area contributed by atoms with Crippen LogP contribution < -0.4 is 4.90 Å². The van der Waals surface area contributed by atoms with E-state index in [1.54, 1.807) is 0 Å². The SMILES string of the molecule is Cc1cc2c(c(-c3ccc4c(c3-c3c(C)c(C)cc5c3Cc3ccccc3-5)-c3c(c(N(c5c(Cc6ccccc6)ccc6c5Cc5ccccc5-6)c5c(C)c(C)cc6c5Cc5ccccc5-6)c(-c5ccccc5)c(-c5ccccc5)c3-c3c5c(cc(-c6ccccc6)c3-c3ccccc3)-c3ccccc3C5)C4)c1C)Cc1ccccc1-2. The van der Waals surface area contributed by atoms with E-state index in [0.717, 1.165) is 38.5 Å². The lowest BCUT2D eigenvalue weighted by Gasteiger charge is -2.38. The van der Waals surface area contributed by atoms with Gasteiger partial charge >= 0.3 is 0 Å². The van der Waals surface area contributed by atoms with Gasteiger partial charge in [-0.3, -0.25) is 0 Å². The van der Waals surface area contributed by atoms with Crippen LogP contribution >= 0.6 is 0 Å². The second kappa shape index (κ2) is 26.6. The Labute approximate surface area is 681 Å². The summed E-state index contributed by atoms with van der Waals surface area (Å²) >= 11 is 0. The third kappa shape index (κ3) is 10.3. The lowest BCUT2D eigenvalue weighted by molar-refractivity contribution is 1.09. The van der Waals surface area contributed by atoms with Crippen molar-refractivity contribution in [3.63, 3.8) is 0 Å². The lowest BCUT2D eigenvalue weighted by atomic mass is 9.73. The smallest absolute Gasteiger partial charge is 0.0588 e. The number of anilines is 3. The predicted molar refractivity (Wildman–Crippen MR) is 486 cm³/mol.